The van der Waals surface area contributed by atoms with Crippen LogP contribution in [0.25, 0.3) is 5.65 Å². The molecule has 1 aromatic carbocycles. The van der Waals surface area contributed by atoms with Gasteiger partial charge in [-0.05, 0) is 36.8 Å². The number of aromatic nitrogens is 2. The topological polar surface area (TPSA) is 75.5 Å². The van der Waals surface area contributed by atoms with Crippen molar-refractivity contribution in [2.24, 2.45) is 0 Å². The van der Waals surface area contributed by atoms with Crippen molar-refractivity contribution in [1.29, 1.82) is 0 Å². The summed E-state index contributed by atoms with van der Waals surface area (Å²) in [4.78, 5) is 28.5. The van der Waals surface area contributed by atoms with Gasteiger partial charge in [0, 0.05) is 24.5 Å². The van der Waals surface area contributed by atoms with E-state index in [0.29, 0.717) is 39.9 Å². The van der Waals surface area contributed by atoms with Crippen LogP contribution in [0.15, 0.2) is 42.6 Å². The molecule has 3 aromatic rings. The lowest BCUT2D eigenvalue weighted by Gasteiger charge is -2.09. The molecular weight excluding hydrogens is 340 g/mol. The third-order valence-electron chi connectivity index (χ3n) is 3.65. The first kappa shape index (κ1) is 17.0. The Hall–Kier alpha value is -2.86. The van der Waals surface area contributed by atoms with Crippen molar-refractivity contribution in [3.63, 3.8) is 0 Å². The van der Waals surface area contributed by atoms with E-state index in [1.54, 1.807) is 47.0 Å². The quantitative estimate of drug-likeness (QED) is 0.747. The van der Waals surface area contributed by atoms with Gasteiger partial charge in [0.2, 0.25) is 5.91 Å². The Kier molecular flexibility index (Phi) is 4.72. The van der Waals surface area contributed by atoms with Crippen LogP contribution >= 0.6 is 11.6 Å². The highest BCUT2D eigenvalue weighted by Crippen LogP contribution is 2.20. The van der Waals surface area contributed by atoms with Gasteiger partial charge >= 0.3 is 0 Å². The summed E-state index contributed by atoms with van der Waals surface area (Å²) in [5.74, 6) is -0.459. The zero-order valence-electron chi connectivity index (χ0n) is 13.8. The van der Waals surface area contributed by atoms with Gasteiger partial charge in [-0.3, -0.25) is 14.0 Å². The fourth-order valence-corrected chi connectivity index (χ4v) is 2.78. The van der Waals surface area contributed by atoms with Crippen LogP contribution in [-0.4, -0.2) is 21.2 Å². The number of hydrogen-bond acceptors (Lipinski definition) is 3. The van der Waals surface area contributed by atoms with E-state index >= 15 is 0 Å². The minimum atomic E-state index is -0.286. The number of anilines is 2. The molecule has 3 rings (SSSR count). The fourth-order valence-electron chi connectivity index (χ4n) is 2.62. The molecule has 2 aromatic heterocycles. The van der Waals surface area contributed by atoms with Crippen molar-refractivity contribution in [1.82, 2.24) is 9.38 Å². The molecule has 0 unspecified atom stereocenters. The minimum Gasteiger partial charge on any atom is -0.326 e. The minimum absolute atomic E-state index is 0.173. The second-order valence-electron chi connectivity index (χ2n) is 5.55. The number of aryl methyl sites for hydroxylation is 1. The number of imidazole rings is 1. The number of carbonyl (C=O) groups is 2. The molecule has 0 aliphatic heterocycles. The van der Waals surface area contributed by atoms with E-state index in [0.717, 1.165) is 0 Å². The molecule has 0 saturated heterocycles. The SMILES string of the molecule is CCc1nc2ccc(Cl)cn2c1C(=O)Nc1cccc(NC(C)=O)c1. The number of nitrogens with one attached hydrogen (secondary N) is 2. The highest BCUT2D eigenvalue weighted by atomic mass is 35.5. The molecule has 2 amide bonds. The van der Waals surface area contributed by atoms with Crippen LogP contribution < -0.4 is 10.6 Å². The molecule has 0 aliphatic carbocycles. The number of fused-ring (bicyclic) bond motifs is 1. The summed E-state index contributed by atoms with van der Waals surface area (Å²) in [6.07, 6.45) is 2.29. The highest BCUT2D eigenvalue weighted by Gasteiger charge is 2.18. The Labute approximate surface area is 149 Å². The van der Waals surface area contributed by atoms with Crippen LogP contribution in [0.1, 0.15) is 30.0 Å². The van der Waals surface area contributed by atoms with Gasteiger partial charge in [0.1, 0.15) is 11.3 Å². The lowest BCUT2D eigenvalue weighted by Crippen LogP contribution is -2.16. The van der Waals surface area contributed by atoms with Gasteiger partial charge in [-0.2, -0.15) is 0 Å². The maximum Gasteiger partial charge on any atom is 0.274 e. The first-order valence-electron chi connectivity index (χ1n) is 7.83. The molecule has 128 valence electrons. The summed E-state index contributed by atoms with van der Waals surface area (Å²) in [6, 6.07) is 10.5. The second-order valence-corrected chi connectivity index (χ2v) is 5.99. The van der Waals surface area contributed by atoms with Crippen molar-refractivity contribution in [3.8, 4) is 0 Å². The Morgan fingerprint density at radius 1 is 1.16 bits per heavy atom. The van der Waals surface area contributed by atoms with Crippen molar-refractivity contribution in [2.45, 2.75) is 20.3 Å². The van der Waals surface area contributed by atoms with Gasteiger partial charge in [-0.1, -0.05) is 24.6 Å². The number of rotatable bonds is 4. The van der Waals surface area contributed by atoms with Crippen molar-refractivity contribution < 1.29 is 9.59 Å². The van der Waals surface area contributed by atoms with Crippen LogP contribution in [0.2, 0.25) is 5.02 Å². The number of halogens is 1. The molecule has 0 saturated carbocycles. The van der Waals surface area contributed by atoms with Gasteiger partial charge in [0.05, 0.1) is 10.7 Å². The highest BCUT2D eigenvalue weighted by molar-refractivity contribution is 6.30. The van der Waals surface area contributed by atoms with Gasteiger partial charge in [0.15, 0.2) is 0 Å². The molecule has 25 heavy (non-hydrogen) atoms. The van der Waals surface area contributed by atoms with Gasteiger partial charge in [0.25, 0.3) is 5.91 Å². The molecule has 0 spiro atoms. The number of nitrogens with zero attached hydrogens (tertiary/aromatic N) is 2. The third kappa shape index (κ3) is 3.64. The number of pyridine rings is 1. The van der Waals surface area contributed by atoms with E-state index in [2.05, 4.69) is 15.6 Å². The Morgan fingerprint density at radius 2 is 1.88 bits per heavy atom. The average Bonchev–Trinajstić information content (AvgIpc) is 2.92. The van der Waals surface area contributed by atoms with Gasteiger partial charge in [-0.25, -0.2) is 4.98 Å². The molecule has 0 fully saturated rings. The van der Waals surface area contributed by atoms with E-state index in [-0.39, 0.29) is 11.8 Å². The largest absolute Gasteiger partial charge is 0.326 e. The molecule has 7 heteroatoms. The van der Waals surface area contributed by atoms with Crippen LogP contribution in [0.3, 0.4) is 0 Å². The molecule has 2 heterocycles. The summed E-state index contributed by atoms with van der Waals surface area (Å²) in [6.45, 7) is 3.37. The summed E-state index contributed by atoms with van der Waals surface area (Å²) in [5, 5.41) is 6.06. The standard InChI is InChI=1S/C18H17ClN4O2/c1-3-15-17(23-10-12(19)7-8-16(23)22-15)18(25)21-14-6-4-5-13(9-14)20-11(2)24/h4-10H,3H2,1-2H3,(H,20,24)(H,21,25). The zero-order valence-corrected chi connectivity index (χ0v) is 14.6. The van der Waals surface area contributed by atoms with Crippen molar-refractivity contribution in [3.05, 3.63) is 59.0 Å². The van der Waals surface area contributed by atoms with Crippen LogP contribution in [0.4, 0.5) is 11.4 Å². The first-order valence-corrected chi connectivity index (χ1v) is 8.21. The van der Waals surface area contributed by atoms with Gasteiger partial charge < -0.3 is 10.6 Å². The van der Waals surface area contributed by atoms with E-state index in [9.17, 15) is 9.59 Å². The number of hydrogen-bond donors (Lipinski definition) is 2. The average molecular weight is 357 g/mol. The summed E-state index contributed by atoms with van der Waals surface area (Å²) >= 11 is 6.06. The van der Waals surface area contributed by atoms with E-state index < -0.39 is 0 Å². The number of amides is 2. The van der Waals surface area contributed by atoms with Crippen LogP contribution in [-0.2, 0) is 11.2 Å². The summed E-state index contributed by atoms with van der Waals surface area (Å²) in [5.41, 5.74) is 3.00. The maximum atomic E-state index is 12.8. The first-order chi connectivity index (χ1) is 12.0. The lowest BCUT2D eigenvalue weighted by molar-refractivity contribution is -0.114. The monoisotopic (exact) mass is 356 g/mol. The predicted octanol–water partition coefficient (Wildman–Crippen LogP) is 3.76. The number of benzene rings is 1. The lowest BCUT2D eigenvalue weighted by atomic mass is 10.2. The summed E-state index contributed by atoms with van der Waals surface area (Å²) < 4.78 is 1.69. The van der Waals surface area contributed by atoms with Crippen LogP contribution in [0, 0.1) is 0 Å². The second kappa shape index (κ2) is 6.94. The maximum absolute atomic E-state index is 12.8. The zero-order chi connectivity index (χ0) is 18.0. The third-order valence-corrected chi connectivity index (χ3v) is 3.87. The normalized spacial score (nSPS) is 10.7. The molecule has 0 bridgehead atoms. The molecule has 0 radical (unpaired) electrons. The molecule has 6 nitrogen and oxygen atoms in total. The van der Waals surface area contributed by atoms with Gasteiger partial charge in [-0.15, -0.1) is 0 Å². The molecule has 0 aliphatic rings. The van der Waals surface area contributed by atoms with Crippen molar-refractivity contribution >= 4 is 40.4 Å². The Balaban J connectivity index is 1.95. The molecule has 2 N–H and O–H groups in total. The van der Waals surface area contributed by atoms with E-state index in [1.807, 2.05) is 6.92 Å². The summed E-state index contributed by atoms with van der Waals surface area (Å²) in [7, 11) is 0. The van der Waals surface area contributed by atoms with E-state index in [4.69, 9.17) is 11.6 Å². The smallest absolute Gasteiger partial charge is 0.274 e. The Morgan fingerprint density at radius 3 is 2.56 bits per heavy atom. The van der Waals surface area contributed by atoms with E-state index in [1.165, 1.54) is 6.92 Å². The fraction of sp³-hybridized carbons (Fsp3) is 0.167. The van der Waals surface area contributed by atoms with Crippen LogP contribution in [0.5, 0.6) is 0 Å². The molecular formula is C18H17ClN4O2. The van der Waals surface area contributed by atoms with Crippen molar-refractivity contribution in [2.75, 3.05) is 10.6 Å². The molecule has 0 atom stereocenters. The number of carbonyl (C=O) groups excluding carboxylic acids is 2. The Bertz CT molecular complexity index is 965. The predicted molar refractivity (Wildman–Crippen MR) is 98.3 cm³/mol.